The smallest absolute Gasteiger partial charge is 0.00485 e. The number of hydrogen-bond acceptors (Lipinski definition) is 2. The van der Waals surface area contributed by atoms with Crippen LogP contribution in [0.1, 0.15) is 10.4 Å². The van der Waals surface area contributed by atoms with Crippen LogP contribution in [0.3, 0.4) is 0 Å². The van der Waals surface area contributed by atoms with E-state index in [-0.39, 0.29) is 0 Å². The van der Waals surface area contributed by atoms with Crippen molar-refractivity contribution in [1.82, 2.24) is 0 Å². The predicted octanol–water partition coefficient (Wildman–Crippen LogP) is 3.59. The molecule has 0 amide bonds. The molecule has 0 bridgehead atoms. The Labute approximate surface area is 80.5 Å². The van der Waals surface area contributed by atoms with E-state index in [1.165, 1.54) is 23.3 Å². The summed E-state index contributed by atoms with van der Waals surface area (Å²) in [6.45, 7) is 0. The molecule has 0 aliphatic heterocycles. The van der Waals surface area contributed by atoms with Crippen LogP contribution in [-0.2, 0) is 12.8 Å². The molecule has 2 heteroatoms. The van der Waals surface area contributed by atoms with Gasteiger partial charge in [0.1, 0.15) is 0 Å². The number of hydrogen-bond donors (Lipinski definition) is 0. The van der Waals surface area contributed by atoms with Gasteiger partial charge in [-0.15, -0.1) is 11.3 Å². The summed E-state index contributed by atoms with van der Waals surface area (Å²) in [5, 5.41) is 6.51. The van der Waals surface area contributed by atoms with Crippen LogP contribution >= 0.6 is 22.7 Å². The Bertz CT molecular complexity index is 271. The van der Waals surface area contributed by atoms with Crippen molar-refractivity contribution < 1.29 is 0 Å². The molecule has 62 valence electrons. The first-order valence-electron chi connectivity index (χ1n) is 3.98. The van der Waals surface area contributed by atoms with Gasteiger partial charge in [-0.1, -0.05) is 6.07 Å². The molecule has 0 aliphatic rings. The summed E-state index contributed by atoms with van der Waals surface area (Å²) in [6, 6.07) is 6.53. The third-order valence-electron chi connectivity index (χ3n) is 1.82. The van der Waals surface area contributed by atoms with Gasteiger partial charge < -0.3 is 0 Å². The minimum Gasteiger partial charge on any atom is -0.152 e. The molecule has 12 heavy (non-hydrogen) atoms. The monoisotopic (exact) mass is 194 g/mol. The fourth-order valence-electron chi connectivity index (χ4n) is 1.16. The number of aryl methyl sites for hydroxylation is 2. The van der Waals surface area contributed by atoms with Crippen molar-refractivity contribution in [3.05, 3.63) is 44.8 Å². The molecule has 0 saturated carbocycles. The van der Waals surface area contributed by atoms with Crippen LogP contribution in [-0.4, -0.2) is 0 Å². The van der Waals surface area contributed by atoms with Crippen LogP contribution in [0.15, 0.2) is 34.3 Å². The molecule has 0 fully saturated rings. The van der Waals surface area contributed by atoms with Crippen molar-refractivity contribution in [2.75, 3.05) is 0 Å². The van der Waals surface area contributed by atoms with E-state index in [2.05, 4.69) is 34.3 Å². The fourth-order valence-corrected chi connectivity index (χ4v) is 2.57. The average molecular weight is 194 g/mol. The maximum atomic E-state index is 2.23. The lowest BCUT2D eigenvalue weighted by Crippen LogP contribution is -1.84. The van der Waals surface area contributed by atoms with E-state index >= 15 is 0 Å². The van der Waals surface area contributed by atoms with Gasteiger partial charge in [-0.05, 0) is 46.7 Å². The second-order valence-electron chi connectivity index (χ2n) is 2.71. The SMILES string of the molecule is c1csc(CCc2ccsc2)c1. The fraction of sp³-hybridized carbons (Fsp3) is 0.200. The molecular weight excluding hydrogens is 184 g/mol. The molecule has 0 saturated heterocycles. The van der Waals surface area contributed by atoms with Crippen molar-refractivity contribution in [1.29, 1.82) is 0 Å². The van der Waals surface area contributed by atoms with Crippen LogP contribution < -0.4 is 0 Å². The van der Waals surface area contributed by atoms with Crippen molar-refractivity contribution >= 4 is 22.7 Å². The highest BCUT2D eigenvalue weighted by atomic mass is 32.1. The van der Waals surface area contributed by atoms with Crippen molar-refractivity contribution in [3.8, 4) is 0 Å². The quantitative estimate of drug-likeness (QED) is 0.700. The molecule has 2 aromatic rings. The van der Waals surface area contributed by atoms with E-state index in [4.69, 9.17) is 0 Å². The van der Waals surface area contributed by atoms with E-state index in [0.717, 1.165) is 0 Å². The van der Waals surface area contributed by atoms with E-state index in [1.54, 1.807) is 11.3 Å². The Morgan fingerprint density at radius 2 is 2.08 bits per heavy atom. The zero-order valence-electron chi connectivity index (χ0n) is 6.69. The van der Waals surface area contributed by atoms with Gasteiger partial charge in [0.2, 0.25) is 0 Å². The second kappa shape index (κ2) is 3.87. The average Bonchev–Trinajstić information content (AvgIpc) is 2.74. The molecule has 0 unspecified atom stereocenters. The van der Waals surface area contributed by atoms with E-state index in [1.807, 2.05) is 11.3 Å². The predicted molar refractivity (Wildman–Crippen MR) is 56.0 cm³/mol. The van der Waals surface area contributed by atoms with Gasteiger partial charge in [-0.3, -0.25) is 0 Å². The van der Waals surface area contributed by atoms with Crippen molar-refractivity contribution in [2.24, 2.45) is 0 Å². The summed E-state index contributed by atoms with van der Waals surface area (Å²) in [6.07, 6.45) is 2.37. The van der Waals surface area contributed by atoms with Crippen molar-refractivity contribution in [3.63, 3.8) is 0 Å². The third-order valence-corrected chi connectivity index (χ3v) is 3.49. The molecular formula is C10H10S2. The van der Waals surface area contributed by atoms with E-state index in [0.29, 0.717) is 0 Å². The molecule has 2 heterocycles. The summed E-state index contributed by atoms with van der Waals surface area (Å²) < 4.78 is 0. The summed E-state index contributed by atoms with van der Waals surface area (Å²) in [4.78, 5) is 1.49. The Hall–Kier alpha value is -0.600. The number of thiophene rings is 2. The van der Waals surface area contributed by atoms with E-state index in [9.17, 15) is 0 Å². The van der Waals surface area contributed by atoms with Crippen LogP contribution in [0.25, 0.3) is 0 Å². The first-order valence-corrected chi connectivity index (χ1v) is 5.81. The van der Waals surface area contributed by atoms with Gasteiger partial charge in [0, 0.05) is 4.88 Å². The Morgan fingerprint density at radius 3 is 2.75 bits per heavy atom. The standard InChI is InChI=1S/C10H10S2/c1-2-10(12-6-1)4-3-9-5-7-11-8-9/h1-2,5-8H,3-4H2. The van der Waals surface area contributed by atoms with Crippen molar-refractivity contribution in [2.45, 2.75) is 12.8 Å². The Morgan fingerprint density at radius 1 is 1.08 bits per heavy atom. The second-order valence-corrected chi connectivity index (χ2v) is 4.52. The molecule has 0 aromatic carbocycles. The summed E-state index contributed by atoms with van der Waals surface area (Å²) >= 11 is 3.63. The molecule has 0 nitrogen and oxygen atoms in total. The van der Waals surface area contributed by atoms with Gasteiger partial charge in [0.25, 0.3) is 0 Å². The minimum atomic E-state index is 1.18. The minimum absolute atomic E-state index is 1.18. The molecule has 0 N–H and O–H groups in total. The topological polar surface area (TPSA) is 0 Å². The lowest BCUT2D eigenvalue weighted by molar-refractivity contribution is 0.988. The lowest BCUT2D eigenvalue weighted by Gasteiger charge is -1.93. The summed E-state index contributed by atoms with van der Waals surface area (Å²) in [5.74, 6) is 0. The highest BCUT2D eigenvalue weighted by Crippen LogP contribution is 2.14. The highest BCUT2D eigenvalue weighted by Gasteiger charge is 1.95. The maximum Gasteiger partial charge on any atom is 0.00485 e. The van der Waals surface area contributed by atoms with Gasteiger partial charge in [-0.25, -0.2) is 0 Å². The Balaban J connectivity index is 1.91. The summed E-state index contributed by atoms with van der Waals surface area (Å²) in [7, 11) is 0. The van der Waals surface area contributed by atoms with Crippen LogP contribution in [0.2, 0.25) is 0 Å². The molecule has 2 aromatic heterocycles. The van der Waals surface area contributed by atoms with Crippen LogP contribution in [0, 0.1) is 0 Å². The van der Waals surface area contributed by atoms with Gasteiger partial charge in [0.15, 0.2) is 0 Å². The molecule has 2 rings (SSSR count). The highest BCUT2D eigenvalue weighted by molar-refractivity contribution is 7.09. The third kappa shape index (κ3) is 1.96. The lowest BCUT2D eigenvalue weighted by atomic mass is 10.2. The normalized spacial score (nSPS) is 10.3. The maximum absolute atomic E-state index is 2.23. The van der Waals surface area contributed by atoms with Crippen LogP contribution in [0.4, 0.5) is 0 Å². The molecule has 0 aliphatic carbocycles. The largest absolute Gasteiger partial charge is 0.152 e. The van der Waals surface area contributed by atoms with E-state index < -0.39 is 0 Å². The zero-order valence-corrected chi connectivity index (χ0v) is 8.33. The Kier molecular flexibility index (Phi) is 2.59. The first kappa shape index (κ1) is 8.02. The molecule has 0 spiro atoms. The summed E-state index contributed by atoms with van der Waals surface area (Å²) in [5.41, 5.74) is 1.47. The van der Waals surface area contributed by atoms with Crippen LogP contribution in [0.5, 0.6) is 0 Å². The molecule has 0 atom stereocenters. The number of rotatable bonds is 3. The van der Waals surface area contributed by atoms with Gasteiger partial charge in [-0.2, -0.15) is 11.3 Å². The zero-order chi connectivity index (χ0) is 8.23. The van der Waals surface area contributed by atoms with Gasteiger partial charge in [0.05, 0.1) is 0 Å². The van der Waals surface area contributed by atoms with Gasteiger partial charge >= 0.3 is 0 Å². The first-order chi connectivity index (χ1) is 5.95. The molecule has 0 radical (unpaired) electrons.